The van der Waals surface area contributed by atoms with Crippen LogP contribution in [-0.2, 0) is 0 Å². The Hall–Kier alpha value is -0.230. The second kappa shape index (κ2) is 9.96. The number of nitrogens with one attached hydrogen (secondary N) is 2. The van der Waals surface area contributed by atoms with Gasteiger partial charge in [-0.05, 0) is 49.5 Å². The second-order valence-corrected chi connectivity index (χ2v) is 5.72. The first kappa shape index (κ1) is 13.8. The molecular formula is C11H19N3S2. The van der Waals surface area contributed by atoms with E-state index in [2.05, 4.69) is 15.6 Å². The van der Waals surface area contributed by atoms with Gasteiger partial charge in [0.05, 0.1) is 0 Å². The molecule has 0 fully saturated rings. The summed E-state index contributed by atoms with van der Waals surface area (Å²) in [6.07, 6.45) is 3.02. The molecule has 0 saturated heterocycles. The van der Waals surface area contributed by atoms with Gasteiger partial charge in [0.25, 0.3) is 0 Å². The zero-order valence-corrected chi connectivity index (χ0v) is 11.2. The Morgan fingerprint density at radius 3 is 2.94 bits per heavy atom. The van der Waals surface area contributed by atoms with E-state index < -0.39 is 0 Å². The van der Waals surface area contributed by atoms with E-state index in [1.165, 1.54) is 6.42 Å². The molecule has 0 aliphatic carbocycles. The summed E-state index contributed by atoms with van der Waals surface area (Å²) >= 11 is 0. The highest BCUT2D eigenvalue weighted by Crippen LogP contribution is 2.28. The first-order valence-corrected chi connectivity index (χ1v) is 7.81. The summed E-state index contributed by atoms with van der Waals surface area (Å²) in [5.41, 5.74) is 0. The highest BCUT2D eigenvalue weighted by Gasteiger charge is 1.94. The minimum Gasteiger partial charge on any atom is -0.320 e. The zero-order valence-electron chi connectivity index (χ0n) is 9.61. The van der Waals surface area contributed by atoms with Crippen LogP contribution in [-0.4, -0.2) is 37.4 Å². The summed E-state index contributed by atoms with van der Waals surface area (Å²) in [5, 5.41) is 7.63. The van der Waals surface area contributed by atoms with Crippen LogP contribution in [0.3, 0.4) is 0 Å². The van der Waals surface area contributed by atoms with Gasteiger partial charge in [0.2, 0.25) is 0 Å². The zero-order chi connectivity index (χ0) is 11.5. The largest absolute Gasteiger partial charge is 0.320 e. The van der Waals surface area contributed by atoms with Crippen LogP contribution in [0, 0.1) is 0 Å². The van der Waals surface area contributed by atoms with Crippen molar-refractivity contribution < 1.29 is 0 Å². The highest BCUT2D eigenvalue weighted by atomic mass is 33.1. The molecule has 0 aliphatic rings. The summed E-state index contributed by atoms with van der Waals surface area (Å²) in [5.74, 6) is 1.11. The second-order valence-electron chi connectivity index (χ2n) is 3.28. The van der Waals surface area contributed by atoms with Crippen molar-refractivity contribution in [1.29, 1.82) is 0 Å². The molecule has 16 heavy (non-hydrogen) atoms. The van der Waals surface area contributed by atoms with Gasteiger partial charge in [0.15, 0.2) is 0 Å². The highest BCUT2D eigenvalue weighted by molar-refractivity contribution is 8.76. The molecule has 0 atom stereocenters. The fourth-order valence-corrected chi connectivity index (χ4v) is 2.96. The van der Waals surface area contributed by atoms with Gasteiger partial charge in [0.1, 0.15) is 5.03 Å². The van der Waals surface area contributed by atoms with E-state index in [0.29, 0.717) is 0 Å². The summed E-state index contributed by atoms with van der Waals surface area (Å²) in [6, 6.07) is 6.00. The molecule has 1 heterocycles. The third-order valence-corrected chi connectivity index (χ3v) is 4.19. The molecular weight excluding hydrogens is 238 g/mol. The van der Waals surface area contributed by atoms with Crippen molar-refractivity contribution in [3.8, 4) is 0 Å². The molecule has 90 valence electrons. The number of rotatable bonds is 9. The van der Waals surface area contributed by atoms with Crippen LogP contribution in [0.15, 0.2) is 29.4 Å². The normalized spacial score (nSPS) is 10.6. The Morgan fingerprint density at radius 1 is 1.25 bits per heavy atom. The van der Waals surface area contributed by atoms with Crippen molar-refractivity contribution in [2.45, 2.75) is 11.4 Å². The maximum Gasteiger partial charge on any atom is 0.106 e. The third kappa shape index (κ3) is 7.11. The average molecular weight is 257 g/mol. The predicted molar refractivity (Wildman–Crippen MR) is 74.0 cm³/mol. The first-order valence-electron chi connectivity index (χ1n) is 5.49. The monoisotopic (exact) mass is 257 g/mol. The van der Waals surface area contributed by atoms with Crippen LogP contribution < -0.4 is 10.6 Å². The summed E-state index contributed by atoms with van der Waals surface area (Å²) in [4.78, 5) is 4.25. The lowest BCUT2D eigenvalue weighted by Crippen LogP contribution is -2.21. The summed E-state index contributed by atoms with van der Waals surface area (Å²) in [6.45, 7) is 3.24. The Balaban J connectivity index is 1.89. The molecule has 0 aliphatic heterocycles. The Kier molecular flexibility index (Phi) is 8.61. The molecule has 0 amide bonds. The molecule has 0 saturated carbocycles. The smallest absolute Gasteiger partial charge is 0.106 e. The first-order chi connectivity index (χ1) is 7.93. The van der Waals surface area contributed by atoms with Crippen molar-refractivity contribution in [2.75, 3.05) is 32.4 Å². The number of hydrogen-bond donors (Lipinski definition) is 2. The van der Waals surface area contributed by atoms with Gasteiger partial charge in [0, 0.05) is 18.5 Å². The standard InChI is InChI=1S/C11H19N3S2/c1-12-6-4-7-13-9-10-15-16-11-5-2-3-8-14-11/h2-3,5,8,12-13H,4,6-7,9-10H2,1H3. The fourth-order valence-electron chi connectivity index (χ4n) is 1.13. The van der Waals surface area contributed by atoms with E-state index in [1.54, 1.807) is 10.8 Å². The lowest BCUT2D eigenvalue weighted by Gasteiger charge is -2.03. The van der Waals surface area contributed by atoms with Crippen LogP contribution in [0.5, 0.6) is 0 Å². The number of nitrogens with zero attached hydrogens (tertiary/aromatic N) is 1. The molecule has 5 heteroatoms. The molecule has 0 spiro atoms. The molecule has 3 nitrogen and oxygen atoms in total. The van der Waals surface area contributed by atoms with Crippen LogP contribution in [0.1, 0.15) is 6.42 Å². The molecule has 0 bridgehead atoms. The maximum absolute atomic E-state index is 4.25. The summed E-state index contributed by atoms with van der Waals surface area (Å²) < 4.78 is 0. The maximum atomic E-state index is 4.25. The Bertz CT molecular complexity index is 257. The van der Waals surface area contributed by atoms with Crippen LogP contribution >= 0.6 is 21.6 Å². The Labute approximate surface area is 106 Å². The van der Waals surface area contributed by atoms with Gasteiger partial charge in [-0.1, -0.05) is 16.9 Å². The van der Waals surface area contributed by atoms with Gasteiger partial charge in [-0.2, -0.15) is 0 Å². The van der Waals surface area contributed by atoms with Crippen LogP contribution in [0.4, 0.5) is 0 Å². The third-order valence-electron chi connectivity index (χ3n) is 1.92. The van der Waals surface area contributed by atoms with Crippen LogP contribution in [0.2, 0.25) is 0 Å². The number of hydrogen-bond acceptors (Lipinski definition) is 5. The van der Waals surface area contributed by atoms with E-state index in [1.807, 2.05) is 42.2 Å². The van der Waals surface area contributed by atoms with Gasteiger partial charge in [-0.3, -0.25) is 0 Å². The van der Waals surface area contributed by atoms with Gasteiger partial charge < -0.3 is 10.6 Å². The molecule has 0 aromatic carbocycles. The average Bonchev–Trinajstić information content (AvgIpc) is 2.34. The number of aromatic nitrogens is 1. The van der Waals surface area contributed by atoms with Gasteiger partial charge >= 0.3 is 0 Å². The lowest BCUT2D eigenvalue weighted by atomic mass is 10.4. The predicted octanol–water partition coefficient (Wildman–Crippen LogP) is 2.02. The molecule has 1 aromatic rings. The van der Waals surface area contributed by atoms with E-state index in [0.717, 1.165) is 30.4 Å². The minimum atomic E-state index is 1.06. The van der Waals surface area contributed by atoms with E-state index in [9.17, 15) is 0 Å². The quantitative estimate of drug-likeness (QED) is 0.523. The van der Waals surface area contributed by atoms with Crippen molar-refractivity contribution in [2.24, 2.45) is 0 Å². The van der Waals surface area contributed by atoms with Crippen molar-refractivity contribution in [3.63, 3.8) is 0 Å². The SMILES string of the molecule is CNCCCNCCSSc1ccccn1. The Morgan fingerprint density at radius 2 is 2.19 bits per heavy atom. The molecule has 1 rings (SSSR count). The van der Waals surface area contributed by atoms with E-state index in [-0.39, 0.29) is 0 Å². The lowest BCUT2D eigenvalue weighted by molar-refractivity contribution is 0.645. The fraction of sp³-hybridized carbons (Fsp3) is 0.545. The topological polar surface area (TPSA) is 37.0 Å². The van der Waals surface area contributed by atoms with Crippen molar-refractivity contribution in [3.05, 3.63) is 24.4 Å². The van der Waals surface area contributed by atoms with Crippen LogP contribution in [0.25, 0.3) is 0 Å². The van der Waals surface area contributed by atoms with Crippen molar-refractivity contribution in [1.82, 2.24) is 15.6 Å². The van der Waals surface area contributed by atoms with E-state index in [4.69, 9.17) is 0 Å². The van der Waals surface area contributed by atoms with Gasteiger partial charge in [-0.15, -0.1) is 0 Å². The summed E-state index contributed by atoms with van der Waals surface area (Å²) in [7, 11) is 5.57. The molecule has 0 unspecified atom stereocenters. The minimum absolute atomic E-state index is 1.06. The molecule has 1 aromatic heterocycles. The van der Waals surface area contributed by atoms with Gasteiger partial charge in [-0.25, -0.2) is 4.98 Å². The van der Waals surface area contributed by atoms with Crippen molar-refractivity contribution >= 4 is 21.6 Å². The number of pyridine rings is 1. The molecule has 2 N–H and O–H groups in total. The van der Waals surface area contributed by atoms with E-state index >= 15 is 0 Å². The molecule has 0 radical (unpaired) electrons.